The monoisotopic (exact) mass is 435 g/mol. The van der Waals surface area contributed by atoms with Gasteiger partial charge in [-0.1, -0.05) is 12.1 Å². The van der Waals surface area contributed by atoms with E-state index in [2.05, 4.69) is 10.2 Å². The summed E-state index contributed by atoms with van der Waals surface area (Å²) in [6, 6.07) is 14.3. The molecule has 1 fully saturated rings. The topological polar surface area (TPSA) is 75.0 Å². The van der Waals surface area contributed by atoms with Gasteiger partial charge in [0.05, 0.1) is 18.0 Å². The molecule has 8 heteroatoms. The molecule has 32 heavy (non-hydrogen) atoms. The maximum absolute atomic E-state index is 14.5. The molecule has 0 aliphatic carbocycles. The van der Waals surface area contributed by atoms with E-state index in [0.29, 0.717) is 37.4 Å². The molecule has 164 valence electrons. The summed E-state index contributed by atoms with van der Waals surface area (Å²) in [4.78, 5) is 12.6. The number of ether oxygens (including phenoxy) is 3. The average Bonchev–Trinajstić information content (AvgIpc) is 3.32. The number of esters is 1. The van der Waals surface area contributed by atoms with Crippen molar-refractivity contribution in [2.24, 2.45) is 0 Å². The van der Waals surface area contributed by atoms with Crippen molar-refractivity contribution in [2.75, 3.05) is 20.3 Å². The maximum atomic E-state index is 14.5. The number of fused-ring (bicyclic) bond motifs is 3. The fraction of sp³-hybridized carbons (Fsp3) is 0.292. The number of aromatic nitrogens is 3. The number of methoxy groups -OCH3 is 1. The number of nitrogens with zero attached hydrogens (tertiary/aromatic N) is 3. The minimum Gasteiger partial charge on any atom is -0.489 e. The highest BCUT2D eigenvalue weighted by molar-refractivity contribution is 5.84. The fourth-order valence-electron chi connectivity index (χ4n) is 4.35. The second-order valence-electron chi connectivity index (χ2n) is 7.94. The molecule has 1 aliphatic rings. The van der Waals surface area contributed by atoms with Crippen LogP contribution in [0, 0.1) is 5.82 Å². The summed E-state index contributed by atoms with van der Waals surface area (Å²) in [5.41, 5.74) is 2.25. The van der Waals surface area contributed by atoms with Crippen LogP contribution in [0.5, 0.6) is 5.75 Å². The summed E-state index contributed by atoms with van der Waals surface area (Å²) >= 11 is 0. The van der Waals surface area contributed by atoms with E-state index in [-0.39, 0.29) is 12.6 Å². The minimum atomic E-state index is -0.934. The van der Waals surface area contributed by atoms with Crippen LogP contribution in [0.2, 0.25) is 0 Å². The number of benzene rings is 2. The molecule has 3 heterocycles. The first-order valence-electron chi connectivity index (χ1n) is 10.4. The maximum Gasteiger partial charge on any atom is 0.316 e. The van der Waals surface area contributed by atoms with Crippen molar-refractivity contribution < 1.29 is 23.4 Å². The van der Waals surface area contributed by atoms with Gasteiger partial charge in [0, 0.05) is 19.3 Å². The van der Waals surface area contributed by atoms with Crippen LogP contribution in [0.3, 0.4) is 0 Å². The second kappa shape index (κ2) is 8.20. The van der Waals surface area contributed by atoms with Crippen LogP contribution in [0.1, 0.15) is 24.0 Å². The number of rotatable bonds is 5. The molecule has 0 spiro atoms. The quantitative estimate of drug-likeness (QED) is 0.444. The summed E-state index contributed by atoms with van der Waals surface area (Å²) in [5.74, 6) is -0.487. The summed E-state index contributed by atoms with van der Waals surface area (Å²) < 4.78 is 32.8. The molecule has 0 N–H and O–H groups in total. The molecule has 4 aromatic rings. The number of hydrogen-bond acceptors (Lipinski definition) is 6. The van der Waals surface area contributed by atoms with E-state index in [1.54, 1.807) is 12.4 Å². The smallest absolute Gasteiger partial charge is 0.316 e. The predicted molar refractivity (Wildman–Crippen MR) is 115 cm³/mol. The molecule has 1 saturated heterocycles. The average molecular weight is 435 g/mol. The molecule has 2 aromatic carbocycles. The van der Waals surface area contributed by atoms with Crippen LogP contribution < -0.4 is 4.74 Å². The van der Waals surface area contributed by atoms with Crippen molar-refractivity contribution in [3.63, 3.8) is 0 Å². The first-order chi connectivity index (χ1) is 15.6. The highest BCUT2D eigenvalue weighted by Gasteiger charge is 2.43. The summed E-state index contributed by atoms with van der Waals surface area (Å²) in [6.07, 6.45) is 2.53. The Morgan fingerprint density at radius 1 is 1.16 bits per heavy atom. The van der Waals surface area contributed by atoms with Gasteiger partial charge in [0.2, 0.25) is 0 Å². The van der Waals surface area contributed by atoms with Crippen LogP contribution in [0.25, 0.3) is 16.6 Å². The predicted octanol–water partition coefficient (Wildman–Crippen LogP) is 3.82. The Kier molecular flexibility index (Phi) is 5.22. The third kappa shape index (κ3) is 3.56. The van der Waals surface area contributed by atoms with Gasteiger partial charge in [0.25, 0.3) is 0 Å². The summed E-state index contributed by atoms with van der Waals surface area (Å²) in [6.45, 7) is 1.07. The van der Waals surface area contributed by atoms with E-state index in [9.17, 15) is 9.18 Å². The summed E-state index contributed by atoms with van der Waals surface area (Å²) in [5, 5.41) is 9.09. The number of carbonyl (C=O) groups is 1. The first kappa shape index (κ1) is 20.4. The van der Waals surface area contributed by atoms with Crippen LogP contribution in [0.15, 0.2) is 54.9 Å². The van der Waals surface area contributed by atoms with Gasteiger partial charge in [-0.3, -0.25) is 9.20 Å². The van der Waals surface area contributed by atoms with E-state index in [0.717, 1.165) is 22.1 Å². The Labute approximate surface area is 183 Å². The Bertz CT molecular complexity index is 1300. The molecule has 0 unspecified atom stereocenters. The lowest BCUT2D eigenvalue weighted by molar-refractivity contribution is -0.151. The van der Waals surface area contributed by atoms with Crippen LogP contribution >= 0.6 is 0 Å². The first-order valence-corrected chi connectivity index (χ1v) is 10.4. The van der Waals surface area contributed by atoms with Crippen LogP contribution in [-0.4, -0.2) is 40.9 Å². The lowest BCUT2D eigenvalue weighted by Crippen LogP contribution is -2.42. The lowest BCUT2D eigenvalue weighted by atomic mass is 9.74. The third-order valence-corrected chi connectivity index (χ3v) is 6.09. The lowest BCUT2D eigenvalue weighted by Gasteiger charge is -2.35. The van der Waals surface area contributed by atoms with Crippen molar-refractivity contribution >= 4 is 22.5 Å². The number of hydrogen-bond donors (Lipinski definition) is 0. The number of pyridine rings is 1. The van der Waals surface area contributed by atoms with Crippen molar-refractivity contribution in [1.82, 2.24) is 14.6 Å². The molecule has 0 atom stereocenters. The SMILES string of the molecule is COC(=O)C1(c2cc(F)cc(OCc3ccc4ccc5nncn5c4c3)c2)CCOCC1. The summed E-state index contributed by atoms with van der Waals surface area (Å²) in [7, 11) is 1.35. The molecule has 2 aromatic heterocycles. The zero-order valence-electron chi connectivity index (χ0n) is 17.6. The van der Waals surface area contributed by atoms with E-state index in [1.807, 2.05) is 34.7 Å². The molecule has 5 rings (SSSR count). The molecule has 0 saturated carbocycles. The molecule has 0 bridgehead atoms. The minimum absolute atomic E-state index is 0.242. The standard InChI is InChI=1S/C24H22FN3O4/c1-30-23(29)24(6-8-31-9-7-24)18-11-19(25)13-20(12-18)32-14-16-2-3-17-4-5-22-27-26-15-28(22)21(17)10-16/h2-5,10-13,15H,6-9,14H2,1H3. The van der Waals surface area contributed by atoms with E-state index in [4.69, 9.17) is 14.2 Å². The van der Waals surface area contributed by atoms with Crippen molar-refractivity contribution in [3.8, 4) is 5.75 Å². The molecule has 1 aliphatic heterocycles. The Hall–Kier alpha value is -3.52. The van der Waals surface area contributed by atoms with Crippen molar-refractivity contribution in [2.45, 2.75) is 24.9 Å². The highest BCUT2D eigenvalue weighted by Crippen LogP contribution is 2.38. The molecule has 0 amide bonds. The largest absolute Gasteiger partial charge is 0.489 e. The van der Waals surface area contributed by atoms with Gasteiger partial charge in [-0.2, -0.15) is 0 Å². The van der Waals surface area contributed by atoms with Crippen LogP contribution in [0.4, 0.5) is 4.39 Å². The Morgan fingerprint density at radius 2 is 1.97 bits per heavy atom. The zero-order chi connectivity index (χ0) is 22.1. The molecular formula is C24H22FN3O4. The third-order valence-electron chi connectivity index (χ3n) is 6.09. The second-order valence-corrected chi connectivity index (χ2v) is 7.94. The van der Waals surface area contributed by atoms with Crippen LogP contribution in [-0.2, 0) is 26.3 Å². The number of carbonyl (C=O) groups excluding carboxylic acids is 1. The van der Waals surface area contributed by atoms with Crippen molar-refractivity contribution in [1.29, 1.82) is 0 Å². The van der Waals surface area contributed by atoms with Gasteiger partial charge < -0.3 is 14.2 Å². The van der Waals surface area contributed by atoms with Gasteiger partial charge in [-0.15, -0.1) is 10.2 Å². The zero-order valence-corrected chi connectivity index (χ0v) is 17.6. The van der Waals surface area contributed by atoms with Gasteiger partial charge in [0.1, 0.15) is 24.5 Å². The van der Waals surface area contributed by atoms with Crippen molar-refractivity contribution in [3.05, 3.63) is 71.8 Å². The Balaban J connectivity index is 1.44. The molecular weight excluding hydrogens is 413 g/mol. The van der Waals surface area contributed by atoms with Gasteiger partial charge >= 0.3 is 5.97 Å². The highest BCUT2D eigenvalue weighted by atomic mass is 19.1. The van der Waals surface area contributed by atoms with Gasteiger partial charge in [0.15, 0.2) is 5.65 Å². The van der Waals surface area contributed by atoms with Gasteiger partial charge in [-0.05, 0) is 59.7 Å². The number of halogens is 1. The normalized spacial score (nSPS) is 15.7. The van der Waals surface area contributed by atoms with E-state index >= 15 is 0 Å². The van der Waals surface area contributed by atoms with E-state index < -0.39 is 11.2 Å². The molecule has 0 radical (unpaired) electrons. The Morgan fingerprint density at radius 3 is 2.78 bits per heavy atom. The fourth-order valence-corrected chi connectivity index (χ4v) is 4.35. The molecule has 7 nitrogen and oxygen atoms in total. The van der Waals surface area contributed by atoms with E-state index in [1.165, 1.54) is 19.2 Å². The van der Waals surface area contributed by atoms with Gasteiger partial charge in [-0.25, -0.2) is 4.39 Å².